The summed E-state index contributed by atoms with van der Waals surface area (Å²) in [6.07, 6.45) is 3.15. The molecule has 12 heteroatoms. The second-order valence-electron chi connectivity index (χ2n) is 10.0. The van der Waals surface area contributed by atoms with Crippen molar-refractivity contribution >= 4 is 42.3 Å². The first-order valence-corrected chi connectivity index (χ1v) is 16.0. The summed E-state index contributed by atoms with van der Waals surface area (Å²) in [4.78, 5) is 0. The number of rotatable bonds is 12. The maximum absolute atomic E-state index is 10.7. The van der Waals surface area contributed by atoms with Gasteiger partial charge in [0.05, 0.1) is 13.2 Å². The molecule has 0 bridgehead atoms. The molecule has 0 aromatic heterocycles. The van der Waals surface area contributed by atoms with Gasteiger partial charge < -0.3 is 9.11 Å². The van der Waals surface area contributed by atoms with Crippen LogP contribution in [-0.4, -0.2) is 25.9 Å². The van der Waals surface area contributed by atoms with Gasteiger partial charge >= 0.3 is 59.1 Å². The molecule has 44 heavy (non-hydrogen) atoms. The molecule has 0 amide bonds. The van der Waals surface area contributed by atoms with Crippen LogP contribution < -0.4 is 59.1 Å². The van der Waals surface area contributed by atoms with E-state index in [9.17, 15) is 25.9 Å². The molecule has 0 atom stereocenters. The van der Waals surface area contributed by atoms with Gasteiger partial charge in [-0.05, 0) is 80.6 Å². The van der Waals surface area contributed by atoms with Crippen LogP contribution in [0.3, 0.4) is 0 Å². The second-order valence-corrected chi connectivity index (χ2v) is 12.1. The van der Waals surface area contributed by atoms with Gasteiger partial charge in [-0.15, -0.1) is 0 Å². The molecule has 0 aliphatic heterocycles. The Morgan fingerprint density at radius 2 is 0.705 bits per heavy atom. The molecule has 0 N–H and O–H groups in total. The van der Waals surface area contributed by atoms with Crippen molar-refractivity contribution in [3.63, 3.8) is 0 Å². The van der Waals surface area contributed by atoms with Crippen molar-refractivity contribution in [3.8, 4) is 0 Å². The zero-order valence-electron chi connectivity index (χ0n) is 24.6. The average Bonchev–Trinajstić information content (AvgIpc) is 2.97. The quantitative estimate of drug-likeness (QED) is 0.0766. The van der Waals surface area contributed by atoms with Crippen LogP contribution in [0.2, 0.25) is 0 Å². The average molecular weight is 651 g/mol. The summed E-state index contributed by atoms with van der Waals surface area (Å²) in [6.45, 7) is -0.569. The zero-order chi connectivity index (χ0) is 29.7. The summed E-state index contributed by atoms with van der Waals surface area (Å²) in [6, 6.07) is 31.6. The Balaban J connectivity index is 0.00000264. The Hall–Kier alpha value is -1.64. The Morgan fingerprint density at radius 1 is 0.432 bits per heavy atom. The van der Waals surface area contributed by atoms with Crippen molar-refractivity contribution in [2.24, 2.45) is 0 Å². The molecule has 0 aliphatic rings. The van der Waals surface area contributed by atoms with E-state index in [1.54, 1.807) is 24.3 Å². The Morgan fingerprint density at radius 3 is 0.977 bits per heavy atom. The van der Waals surface area contributed by atoms with E-state index in [-0.39, 0.29) is 72.3 Å². The largest absolute Gasteiger partial charge is 1.00 e. The van der Waals surface area contributed by atoms with Crippen LogP contribution >= 0.6 is 0 Å². The number of benzene rings is 5. The summed E-state index contributed by atoms with van der Waals surface area (Å²) < 4.78 is 73.1. The van der Waals surface area contributed by atoms with Gasteiger partial charge in [-0.3, -0.25) is 8.37 Å². The van der Waals surface area contributed by atoms with Crippen LogP contribution in [0.5, 0.6) is 0 Å². The van der Waals surface area contributed by atoms with Crippen molar-refractivity contribution in [3.05, 3.63) is 130 Å². The molecule has 0 spiro atoms. The van der Waals surface area contributed by atoms with E-state index < -0.39 is 20.8 Å². The second kappa shape index (κ2) is 16.3. The molecule has 5 aromatic rings. The summed E-state index contributed by atoms with van der Waals surface area (Å²) in [7, 11) is -9.47. The standard InChI is InChI=1S/C32H30O8S2.2Na/c33-41(34,35)39-21-25-13-9-23(10-14-25)17-19-31-27-5-1-2-6-28(27)32(30-8-4-3-7-29(30)31)20-18-24-11-15-26(16-12-24)22-40-42(36,37)38;;/h1-16H,17-22H2,(H,33,34,35)(H,36,37,38);;/q;2*+1/p-2. The predicted octanol–water partition coefficient (Wildman–Crippen LogP) is -0.475. The number of hydrogen-bond acceptors (Lipinski definition) is 8. The van der Waals surface area contributed by atoms with Crippen molar-refractivity contribution in [1.82, 2.24) is 0 Å². The molecule has 0 radical (unpaired) electrons. The van der Waals surface area contributed by atoms with Crippen LogP contribution in [0, 0.1) is 0 Å². The van der Waals surface area contributed by atoms with Crippen molar-refractivity contribution < 1.29 is 93.4 Å². The molecule has 5 rings (SSSR count). The van der Waals surface area contributed by atoms with Crippen LogP contribution in [0.25, 0.3) is 21.5 Å². The van der Waals surface area contributed by atoms with Crippen molar-refractivity contribution in [2.45, 2.75) is 38.9 Å². The minimum atomic E-state index is -4.73. The minimum absolute atomic E-state index is 0. The first-order chi connectivity index (χ1) is 20.1. The van der Waals surface area contributed by atoms with Crippen molar-refractivity contribution in [2.75, 3.05) is 0 Å². The molecular formula is C32H28Na2O8S2. The molecular weight excluding hydrogens is 622 g/mol. The van der Waals surface area contributed by atoms with E-state index in [0.29, 0.717) is 11.1 Å². The first-order valence-electron chi connectivity index (χ1n) is 13.3. The van der Waals surface area contributed by atoms with Gasteiger partial charge in [0.15, 0.2) is 0 Å². The smallest absolute Gasteiger partial charge is 0.726 e. The topological polar surface area (TPSA) is 133 Å². The molecule has 0 fully saturated rings. The van der Waals surface area contributed by atoms with Gasteiger partial charge in [-0.25, -0.2) is 16.8 Å². The fraction of sp³-hybridized carbons (Fsp3) is 0.188. The van der Waals surface area contributed by atoms with E-state index in [1.165, 1.54) is 32.7 Å². The fourth-order valence-electron chi connectivity index (χ4n) is 5.27. The number of hydrogen-bond donors (Lipinski definition) is 0. The van der Waals surface area contributed by atoms with Crippen LogP contribution in [0.15, 0.2) is 97.1 Å². The molecule has 0 heterocycles. The molecule has 0 aliphatic carbocycles. The maximum atomic E-state index is 10.7. The molecule has 5 aromatic carbocycles. The van der Waals surface area contributed by atoms with Gasteiger partial charge in [-0.1, -0.05) is 97.1 Å². The summed E-state index contributed by atoms with van der Waals surface area (Å²) >= 11 is 0. The normalized spacial score (nSPS) is 11.7. The number of fused-ring (bicyclic) bond motifs is 2. The third-order valence-electron chi connectivity index (χ3n) is 7.27. The number of aryl methyl sites for hydroxylation is 4. The van der Waals surface area contributed by atoms with E-state index in [0.717, 1.165) is 36.8 Å². The Bertz CT molecular complexity index is 1730. The molecule has 0 unspecified atom stereocenters. The van der Waals surface area contributed by atoms with E-state index in [2.05, 4.69) is 32.6 Å². The van der Waals surface area contributed by atoms with Gasteiger partial charge in [0, 0.05) is 0 Å². The molecule has 0 saturated carbocycles. The van der Waals surface area contributed by atoms with E-state index in [4.69, 9.17) is 0 Å². The van der Waals surface area contributed by atoms with Crippen LogP contribution in [0.4, 0.5) is 0 Å². The first kappa shape index (κ1) is 36.8. The third kappa shape index (κ3) is 10.2. The van der Waals surface area contributed by atoms with Gasteiger partial charge in [0.2, 0.25) is 20.8 Å². The minimum Gasteiger partial charge on any atom is -0.726 e. The monoisotopic (exact) mass is 650 g/mol. The van der Waals surface area contributed by atoms with Gasteiger partial charge in [0.25, 0.3) is 0 Å². The third-order valence-corrected chi connectivity index (χ3v) is 8.08. The predicted molar refractivity (Wildman–Crippen MR) is 158 cm³/mol. The summed E-state index contributed by atoms with van der Waals surface area (Å²) in [5.74, 6) is 0. The van der Waals surface area contributed by atoms with Crippen LogP contribution in [-0.2, 0) is 68.1 Å². The fourth-order valence-corrected chi connectivity index (χ4v) is 5.83. The maximum Gasteiger partial charge on any atom is 1.00 e. The van der Waals surface area contributed by atoms with Crippen molar-refractivity contribution in [1.29, 1.82) is 0 Å². The zero-order valence-corrected chi connectivity index (χ0v) is 30.2. The van der Waals surface area contributed by atoms with Gasteiger partial charge in [-0.2, -0.15) is 0 Å². The Kier molecular flexibility index (Phi) is 13.6. The van der Waals surface area contributed by atoms with E-state index in [1.807, 2.05) is 48.5 Å². The molecule has 218 valence electrons. The molecule has 0 saturated heterocycles. The van der Waals surface area contributed by atoms with Crippen LogP contribution in [0.1, 0.15) is 33.4 Å². The molecule has 8 nitrogen and oxygen atoms in total. The van der Waals surface area contributed by atoms with Gasteiger partial charge in [0.1, 0.15) is 0 Å². The SMILES string of the molecule is O=S(=O)([O-])OCc1ccc(CCc2c3ccccc3c(CCc3ccc(COS(=O)(=O)[O-])cc3)c3ccccc23)cc1.[Na+].[Na+]. The summed E-state index contributed by atoms with van der Waals surface area (Å²) in [5, 5.41) is 4.79. The Labute approximate surface area is 302 Å². The van der Waals surface area contributed by atoms with E-state index >= 15 is 0 Å². The summed E-state index contributed by atoms with van der Waals surface area (Å²) in [5.41, 5.74) is 5.90.